The molecular formula is C14H11FN2O. The highest BCUT2D eigenvalue weighted by molar-refractivity contribution is 5.75. The number of nitrogens with zero attached hydrogens (tertiary/aromatic N) is 1. The van der Waals surface area contributed by atoms with E-state index in [0.29, 0.717) is 11.1 Å². The van der Waals surface area contributed by atoms with Gasteiger partial charge in [0.15, 0.2) is 11.6 Å². The van der Waals surface area contributed by atoms with Crippen LogP contribution in [0.15, 0.2) is 36.4 Å². The predicted molar refractivity (Wildman–Crippen MR) is 67.5 cm³/mol. The number of anilines is 1. The van der Waals surface area contributed by atoms with Gasteiger partial charge in [0.25, 0.3) is 0 Å². The molecule has 3 nitrogen and oxygen atoms in total. The fourth-order valence-corrected chi connectivity index (χ4v) is 1.79. The fourth-order valence-electron chi connectivity index (χ4n) is 1.79. The van der Waals surface area contributed by atoms with Gasteiger partial charge in [-0.15, -0.1) is 0 Å². The first kappa shape index (κ1) is 11.9. The number of nitrogens with two attached hydrogens (primary N) is 1. The molecule has 0 saturated carbocycles. The van der Waals surface area contributed by atoms with Crippen LogP contribution in [0.2, 0.25) is 0 Å². The Balaban J connectivity index is 2.72. The van der Waals surface area contributed by atoms with Crippen molar-refractivity contribution in [2.75, 3.05) is 12.8 Å². The summed E-state index contributed by atoms with van der Waals surface area (Å²) in [5, 5.41) is 9.03. The number of nitrogen functional groups attached to an aromatic ring is 1. The van der Waals surface area contributed by atoms with E-state index in [1.54, 1.807) is 24.3 Å². The Morgan fingerprint density at radius 1 is 1.28 bits per heavy atom. The number of ether oxygens (including phenoxy) is 1. The second kappa shape index (κ2) is 4.76. The van der Waals surface area contributed by atoms with Crippen LogP contribution in [0.25, 0.3) is 11.1 Å². The molecule has 2 rings (SSSR count). The summed E-state index contributed by atoms with van der Waals surface area (Å²) in [7, 11) is 1.36. The van der Waals surface area contributed by atoms with Crippen molar-refractivity contribution in [1.29, 1.82) is 5.26 Å². The first-order valence-corrected chi connectivity index (χ1v) is 5.30. The number of methoxy groups -OCH3 is 1. The minimum atomic E-state index is -0.572. The SMILES string of the molecule is COc1c(C#N)cc(-c2ccccc2)c(F)c1N. The molecule has 0 unspecified atom stereocenters. The molecule has 0 heterocycles. The average molecular weight is 242 g/mol. The van der Waals surface area contributed by atoms with E-state index in [1.807, 2.05) is 12.1 Å². The van der Waals surface area contributed by atoms with E-state index in [-0.39, 0.29) is 17.0 Å². The van der Waals surface area contributed by atoms with Crippen molar-refractivity contribution < 1.29 is 9.13 Å². The van der Waals surface area contributed by atoms with Gasteiger partial charge in [0.05, 0.1) is 12.7 Å². The first-order chi connectivity index (χ1) is 8.69. The zero-order valence-electron chi connectivity index (χ0n) is 9.77. The van der Waals surface area contributed by atoms with Crippen LogP contribution in [0, 0.1) is 17.1 Å². The Kier molecular flexibility index (Phi) is 3.16. The number of hydrogen-bond donors (Lipinski definition) is 1. The summed E-state index contributed by atoms with van der Waals surface area (Å²) in [6.45, 7) is 0. The molecule has 0 amide bonds. The first-order valence-electron chi connectivity index (χ1n) is 5.30. The van der Waals surface area contributed by atoms with Crippen molar-refractivity contribution in [3.63, 3.8) is 0 Å². The maximum atomic E-state index is 14.1. The highest BCUT2D eigenvalue weighted by Gasteiger charge is 2.17. The summed E-state index contributed by atoms with van der Waals surface area (Å²) in [4.78, 5) is 0. The van der Waals surface area contributed by atoms with Crippen LogP contribution >= 0.6 is 0 Å². The predicted octanol–water partition coefficient (Wildman–Crippen LogP) is 2.96. The van der Waals surface area contributed by atoms with Gasteiger partial charge in [-0.2, -0.15) is 5.26 Å². The number of rotatable bonds is 2. The molecule has 0 atom stereocenters. The van der Waals surface area contributed by atoms with Gasteiger partial charge in [-0.05, 0) is 11.6 Å². The Morgan fingerprint density at radius 2 is 1.94 bits per heavy atom. The van der Waals surface area contributed by atoms with Gasteiger partial charge in [-0.25, -0.2) is 4.39 Å². The zero-order chi connectivity index (χ0) is 13.1. The van der Waals surface area contributed by atoms with E-state index >= 15 is 0 Å². The minimum absolute atomic E-state index is 0.0784. The molecule has 4 heteroatoms. The molecule has 0 bridgehead atoms. The summed E-state index contributed by atoms with van der Waals surface area (Å²) in [5.41, 5.74) is 6.70. The number of benzene rings is 2. The van der Waals surface area contributed by atoms with Crippen molar-refractivity contribution in [2.24, 2.45) is 0 Å². The molecule has 0 aliphatic heterocycles. The van der Waals surface area contributed by atoms with Gasteiger partial charge in [0, 0.05) is 5.56 Å². The molecule has 0 radical (unpaired) electrons. The fraction of sp³-hybridized carbons (Fsp3) is 0.0714. The molecule has 0 aliphatic carbocycles. The van der Waals surface area contributed by atoms with Crippen LogP contribution in [0.1, 0.15) is 5.56 Å². The van der Waals surface area contributed by atoms with E-state index in [0.717, 1.165) is 0 Å². The molecule has 2 aromatic rings. The Labute approximate surface area is 104 Å². The van der Waals surface area contributed by atoms with Crippen molar-refractivity contribution in [3.8, 4) is 22.9 Å². The van der Waals surface area contributed by atoms with Gasteiger partial charge in [-0.3, -0.25) is 0 Å². The zero-order valence-corrected chi connectivity index (χ0v) is 9.77. The van der Waals surface area contributed by atoms with Crippen molar-refractivity contribution in [1.82, 2.24) is 0 Å². The largest absolute Gasteiger partial charge is 0.493 e. The van der Waals surface area contributed by atoms with Gasteiger partial charge in [0.1, 0.15) is 11.8 Å². The van der Waals surface area contributed by atoms with Crippen molar-refractivity contribution >= 4 is 5.69 Å². The molecule has 2 aromatic carbocycles. The van der Waals surface area contributed by atoms with E-state index in [4.69, 9.17) is 15.7 Å². The molecule has 18 heavy (non-hydrogen) atoms. The average Bonchev–Trinajstić information content (AvgIpc) is 2.42. The Morgan fingerprint density at radius 3 is 2.50 bits per heavy atom. The quantitative estimate of drug-likeness (QED) is 0.823. The molecule has 2 N–H and O–H groups in total. The molecule has 0 aromatic heterocycles. The Bertz CT molecular complexity index is 618. The smallest absolute Gasteiger partial charge is 0.162 e. The third-order valence-corrected chi connectivity index (χ3v) is 2.66. The maximum absolute atomic E-state index is 14.1. The lowest BCUT2D eigenvalue weighted by Crippen LogP contribution is -2.01. The summed E-state index contributed by atoms with van der Waals surface area (Å²) in [6.07, 6.45) is 0. The van der Waals surface area contributed by atoms with E-state index in [2.05, 4.69) is 0 Å². The lowest BCUT2D eigenvalue weighted by Gasteiger charge is -2.11. The van der Waals surface area contributed by atoms with Crippen LogP contribution < -0.4 is 10.5 Å². The summed E-state index contributed by atoms with van der Waals surface area (Å²) >= 11 is 0. The maximum Gasteiger partial charge on any atom is 0.162 e. The van der Waals surface area contributed by atoms with Crippen LogP contribution in [-0.4, -0.2) is 7.11 Å². The molecule has 0 aliphatic rings. The van der Waals surface area contributed by atoms with Gasteiger partial charge in [-0.1, -0.05) is 30.3 Å². The second-order valence-corrected chi connectivity index (χ2v) is 3.71. The van der Waals surface area contributed by atoms with Gasteiger partial charge < -0.3 is 10.5 Å². The number of nitriles is 1. The van der Waals surface area contributed by atoms with Crippen LogP contribution in [-0.2, 0) is 0 Å². The highest BCUT2D eigenvalue weighted by atomic mass is 19.1. The number of hydrogen-bond acceptors (Lipinski definition) is 3. The van der Waals surface area contributed by atoms with Crippen molar-refractivity contribution in [2.45, 2.75) is 0 Å². The van der Waals surface area contributed by atoms with E-state index in [9.17, 15) is 4.39 Å². The van der Waals surface area contributed by atoms with Crippen LogP contribution in [0.3, 0.4) is 0 Å². The normalized spacial score (nSPS) is 9.83. The summed E-state index contributed by atoms with van der Waals surface area (Å²) in [6, 6.07) is 12.3. The van der Waals surface area contributed by atoms with Gasteiger partial charge in [0.2, 0.25) is 0 Å². The molecule has 90 valence electrons. The minimum Gasteiger partial charge on any atom is -0.493 e. The molecule has 0 saturated heterocycles. The molecule has 0 fully saturated rings. The topological polar surface area (TPSA) is 59.0 Å². The molecular weight excluding hydrogens is 231 g/mol. The third-order valence-electron chi connectivity index (χ3n) is 2.66. The van der Waals surface area contributed by atoms with Gasteiger partial charge >= 0.3 is 0 Å². The van der Waals surface area contributed by atoms with Crippen LogP contribution in [0.5, 0.6) is 5.75 Å². The van der Waals surface area contributed by atoms with E-state index in [1.165, 1.54) is 13.2 Å². The summed E-state index contributed by atoms with van der Waals surface area (Å²) < 4.78 is 19.1. The lowest BCUT2D eigenvalue weighted by molar-refractivity contribution is 0.413. The Hall–Kier alpha value is -2.54. The van der Waals surface area contributed by atoms with E-state index < -0.39 is 5.82 Å². The monoisotopic (exact) mass is 242 g/mol. The second-order valence-electron chi connectivity index (χ2n) is 3.71. The number of halogens is 1. The summed E-state index contributed by atoms with van der Waals surface area (Å²) in [5.74, 6) is -0.494. The highest BCUT2D eigenvalue weighted by Crippen LogP contribution is 2.35. The standard InChI is InChI=1S/C14H11FN2O/c1-18-14-10(8-16)7-11(12(15)13(14)17)9-5-3-2-4-6-9/h2-7H,17H2,1H3. The van der Waals surface area contributed by atoms with Crippen molar-refractivity contribution in [3.05, 3.63) is 47.8 Å². The molecule has 0 spiro atoms. The lowest BCUT2D eigenvalue weighted by atomic mass is 10.0. The van der Waals surface area contributed by atoms with Crippen LogP contribution in [0.4, 0.5) is 10.1 Å². The third kappa shape index (κ3) is 1.87.